The number of carbonyl (C=O) groups is 1. The third-order valence-electron chi connectivity index (χ3n) is 4.25. The quantitative estimate of drug-likeness (QED) is 0.860. The van der Waals surface area contributed by atoms with Crippen molar-refractivity contribution in [3.63, 3.8) is 0 Å². The van der Waals surface area contributed by atoms with Gasteiger partial charge < -0.3 is 11.1 Å². The van der Waals surface area contributed by atoms with E-state index in [4.69, 9.17) is 5.73 Å². The Hall–Kier alpha value is -2.28. The Labute approximate surface area is 135 Å². The van der Waals surface area contributed by atoms with Gasteiger partial charge in [-0.05, 0) is 37.8 Å². The fourth-order valence-corrected chi connectivity index (χ4v) is 2.87. The van der Waals surface area contributed by atoms with Gasteiger partial charge in [0.25, 0.3) is 5.91 Å². The molecule has 0 saturated heterocycles. The molecule has 3 rings (SSSR count). The number of aromatic nitrogens is 4. The van der Waals surface area contributed by atoms with Crippen LogP contribution in [0.25, 0.3) is 0 Å². The van der Waals surface area contributed by atoms with Crippen LogP contribution in [0.2, 0.25) is 0 Å². The highest BCUT2D eigenvalue weighted by Gasteiger charge is 2.22. The Balaban J connectivity index is 1.50. The lowest BCUT2D eigenvalue weighted by atomic mass is 9.92. The van der Waals surface area contributed by atoms with E-state index < -0.39 is 0 Å². The Bertz CT molecular complexity index is 633. The van der Waals surface area contributed by atoms with Crippen LogP contribution in [0.4, 0.5) is 0 Å². The average Bonchev–Trinajstić information content (AvgIpc) is 3.06. The molecule has 122 valence electrons. The number of nitrogens with two attached hydrogens (primary N) is 1. The molecule has 2 aromatic rings. The molecule has 1 aliphatic rings. The smallest absolute Gasteiger partial charge is 0.273 e. The molecule has 0 atom stereocenters. The predicted octanol–water partition coefficient (Wildman–Crippen LogP) is 1.09. The fourth-order valence-electron chi connectivity index (χ4n) is 2.87. The molecule has 0 aliphatic heterocycles. The maximum absolute atomic E-state index is 12.1. The zero-order valence-corrected chi connectivity index (χ0v) is 13.1. The van der Waals surface area contributed by atoms with Crippen molar-refractivity contribution in [2.24, 2.45) is 5.73 Å². The lowest BCUT2D eigenvalue weighted by Crippen LogP contribution is -2.28. The number of amides is 1. The van der Waals surface area contributed by atoms with Gasteiger partial charge in [-0.2, -0.15) is 0 Å². The van der Waals surface area contributed by atoms with Crippen molar-refractivity contribution < 1.29 is 4.79 Å². The van der Waals surface area contributed by atoms with Crippen molar-refractivity contribution in [3.05, 3.63) is 42.0 Å². The monoisotopic (exact) mass is 314 g/mol. The standard InChI is InChI=1S/C16H22N6O/c17-12-4-6-14(7-5-12)22-11-15(20-21-22)16(23)19-10-8-13-3-1-2-9-18-13/h1-3,9,11-12,14H,4-8,10,17H2,(H,19,23). The summed E-state index contributed by atoms with van der Waals surface area (Å²) in [6.07, 6.45) is 8.15. The molecule has 0 unspecified atom stereocenters. The first-order chi connectivity index (χ1) is 11.2. The summed E-state index contributed by atoms with van der Waals surface area (Å²) in [5.41, 5.74) is 7.23. The molecule has 1 fully saturated rings. The maximum atomic E-state index is 12.1. The van der Waals surface area contributed by atoms with Crippen LogP contribution < -0.4 is 11.1 Å². The molecule has 1 amide bonds. The van der Waals surface area contributed by atoms with Crippen molar-refractivity contribution in [2.75, 3.05) is 6.54 Å². The van der Waals surface area contributed by atoms with Crippen molar-refractivity contribution in [1.29, 1.82) is 0 Å². The normalized spacial score (nSPS) is 21.1. The van der Waals surface area contributed by atoms with Crippen LogP contribution in [-0.2, 0) is 6.42 Å². The van der Waals surface area contributed by atoms with E-state index in [0.717, 1.165) is 31.4 Å². The van der Waals surface area contributed by atoms with Crippen LogP contribution in [0.1, 0.15) is 47.9 Å². The molecule has 7 heteroatoms. The Morgan fingerprint density at radius 2 is 2.13 bits per heavy atom. The third kappa shape index (κ3) is 4.13. The van der Waals surface area contributed by atoms with Gasteiger partial charge in [-0.25, -0.2) is 4.68 Å². The lowest BCUT2D eigenvalue weighted by molar-refractivity contribution is 0.0949. The lowest BCUT2D eigenvalue weighted by Gasteiger charge is -2.25. The number of nitrogens with zero attached hydrogens (tertiary/aromatic N) is 4. The topological polar surface area (TPSA) is 98.7 Å². The second kappa shape index (κ2) is 7.32. The second-order valence-electron chi connectivity index (χ2n) is 5.98. The highest BCUT2D eigenvalue weighted by molar-refractivity contribution is 5.91. The molecular weight excluding hydrogens is 292 g/mol. The van der Waals surface area contributed by atoms with E-state index in [-0.39, 0.29) is 5.91 Å². The molecular formula is C16H22N6O. The van der Waals surface area contributed by atoms with Gasteiger partial charge in [0.15, 0.2) is 5.69 Å². The molecule has 1 aliphatic carbocycles. The van der Waals surface area contributed by atoms with Gasteiger partial charge in [0, 0.05) is 30.9 Å². The van der Waals surface area contributed by atoms with E-state index in [9.17, 15) is 4.79 Å². The fraction of sp³-hybridized carbons (Fsp3) is 0.500. The van der Waals surface area contributed by atoms with Gasteiger partial charge >= 0.3 is 0 Å². The molecule has 0 aromatic carbocycles. The Morgan fingerprint density at radius 1 is 1.30 bits per heavy atom. The van der Waals surface area contributed by atoms with Gasteiger partial charge in [0.2, 0.25) is 0 Å². The molecule has 1 saturated carbocycles. The summed E-state index contributed by atoms with van der Waals surface area (Å²) in [6.45, 7) is 0.529. The minimum Gasteiger partial charge on any atom is -0.350 e. The van der Waals surface area contributed by atoms with E-state index in [1.807, 2.05) is 18.2 Å². The first-order valence-electron chi connectivity index (χ1n) is 8.08. The Kier molecular flexibility index (Phi) is 4.97. The minimum absolute atomic E-state index is 0.195. The second-order valence-corrected chi connectivity index (χ2v) is 5.98. The zero-order chi connectivity index (χ0) is 16.1. The van der Waals surface area contributed by atoms with E-state index >= 15 is 0 Å². The van der Waals surface area contributed by atoms with Crippen LogP contribution in [0.15, 0.2) is 30.6 Å². The van der Waals surface area contributed by atoms with Gasteiger partial charge in [-0.3, -0.25) is 9.78 Å². The number of carbonyl (C=O) groups excluding carboxylic acids is 1. The van der Waals surface area contributed by atoms with Crippen LogP contribution in [0.3, 0.4) is 0 Å². The maximum Gasteiger partial charge on any atom is 0.273 e. The summed E-state index contributed by atoms with van der Waals surface area (Å²) < 4.78 is 1.81. The van der Waals surface area contributed by atoms with E-state index in [1.54, 1.807) is 17.1 Å². The van der Waals surface area contributed by atoms with Crippen molar-refractivity contribution in [3.8, 4) is 0 Å². The molecule has 23 heavy (non-hydrogen) atoms. The van der Waals surface area contributed by atoms with E-state index in [0.29, 0.717) is 30.7 Å². The summed E-state index contributed by atoms with van der Waals surface area (Å²) >= 11 is 0. The molecule has 2 heterocycles. The van der Waals surface area contributed by atoms with Crippen LogP contribution in [0.5, 0.6) is 0 Å². The predicted molar refractivity (Wildman–Crippen MR) is 85.8 cm³/mol. The molecule has 2 aromatic heterocycles. The first kappa shape index (κ1) is 15.6. The average molecular weight is 314 g/mol. The third-order valence-corrected chi connectivity index (χ3v) is 4.25. The molecule has 3 N–H and O–H groups in total. The first-order valence-corrected chi connectivity index (χ1v) is 8.08. The van der Waals surface area contributed by atoms with Crippen LogP contribution in [-0.4, -0.2) is 38.5 Å². The van der Waals surface area contributed by atoms with Crippen LogP contribution >= 0.6 is 0 Å². The molecule has 7 nitrogen and oxygen atoms in total. The highest BCUT2D eigenvalue weighted by Crippen LogP contribution is 2.26. The molecule has 0 radical (unpaired) electrons. The van der Waals surface area contributed by atoms with Gasteiger partial charge in [-0.1, -0.05) is 11.3 Å². The molecule has 0 spiro atoms. The van der Waals surface area contributed by atoms with Crippen molar-refractivity contribution in [2.45, 2.75) is 44.2 Å². The van der Waals surface area contributed by atoms with Gasteiger partial charge in [0.1, 0.15) is 0 Å². The zero-order valence-electron chi connectivity index (χ0n) is 13.1. The summed E-state index contributed by atoms with van der Waals surface area (Å²) in [7, 11) is 0. The van der Waals surface area contributed by atoms with Crippen LogP contribution in [0, 0.1) is 0 Å². The van der Waals surface area contributed by atoms with Crippen molar-refractivity contribution >= 4 is 5.91 Å². The van der Waals surface area contributed by atoms with E-state index in [2.05, 4.69) is 20.6 Å². The van der Waals surface area contributed by atoms with Crippen molar-refractivity contribution in [1.82, 2.24) is 25.3 Å². The minimum atomic E-state index is -0.195. The largest absolute Gasteiger partial charge is 0.350 e. The van der Waals surface area contributed by atoms with E-state index in [1.165, 1.54) is 0 Å². The summed E-state index contributed by atoms with van der Waals surface area (Å²) in [6, 6.07) is 6.35. The number of hydrogen-bond acceptors (Lipinski definition) is 5. The summed E-state index contributed by atoms with van der Waals surface area (Å²) in [5, 5.41) is 11.0. The van der Waals surface area contributed by atoms with Gasteiger partial charge in [-0.15, -0.1) is 5.10 Å². The number of pyridine rings is 1. The Morgan fingerprint density at radius 3 is 2.87 bits per heavy atom. The SMILES string of the molecule is NC1CCC(n2cc(C(=O)NCCc3ccccn3)nn2)CC1. The summed E-state index contributed by atoms with van der Waals surface area (Å²) in [5.74, 6) is -0.195. The highest BCUT2D eigenvalue weighted by atomic mass is 16.2. The number of nitrogens with one attached hydrogen (secondary N) is 1. The number of hydrogen-bond donors (Lipinski definition) is 2. The summed E-state index contributed by atoms with van der Waals surface area (Å²) in [4.78, 5) is 16.3. The number of rotatable bonds is 5. The molecule has 0 bridgehead atoms. The van der Waals surface area contributed by atoms with Gasteiger partial charge in [0.05, 0.1) is 12.2 Å².